The molecule has 1 N–H and O–H groups in total. The summed E-state index contributed by atoms with van der Waals surface area (Å²) in [7, 11) is 0. The molecule has 0 amide bonds. The minimum atomic E-state index is 0.501. The summed E-state index contributed by atoms with van der Waals surface area (Å²) in [4.78, 5) is 2.66. The van der Waals surface area contributed by atoms with Gasteiger partial charge in [-0.3, -0.25) is 0 Å². The van der Waals surface area contributed by atoms with Crippen LogP contribution in [0, 0.1) is 17.3 Å². The molecule has 0 aromatic rings. The van der Waals surface area contributed by atoms with Crippen molar-refractivity contribution in [1.82, 2.24) is 10.2 Å². The standard InChI is InChI=1S/C15H32N2/c1-6-16-11-13(2)12-17-9-7-14(8-10-17)15(3,4)5/h13-14,16H,6-12H2,1-5H3. The van der Waals surface area contributed by atoms with Crippen molar-refractivity contribution in [3.63, 3.8) is 0 Å². The first-order valence-electron chi connectivity index (χ1n) is 7.36. The SMILES string of the molecule is CCNCC(C)CN1CCC(C(C)(C)C)CC1. The molecule has 17 heavy (non-hydrogen) atoms. The fraction of sp³-hybridized carbons (Fsp3) is 1.00. The third-order valence-corrected chi connectivity index (χ3v) is 4.12. The van der Waals surface area contributed by atoms with Crippen molar-refractivity contribution in [3.8, 4) is 0 Å². The summed E-state index contributed by atoms with van der Waals surface area (Å²) in [5, 5.41) is 3.44. The highest BCUT2D eigenvalue weighted by Crippen LogP contribution is 2.34. The fourth-order valence-corrected chi connectivity index (χ4v) is 2.88. The van der Waals surface area contributed by atoms with Gasteiger partial charge in [-0.1, -0.05) is 34.6 Å². The number of rotatable bonds is 5. The molecule has 0 aromatic carbocycles. The van der Waals surface area contributed by atoms with Crippen molar-refractivity contribution in [2.75, 3.05) is 32.7 Å². The summed E-state index contributed by atoms with van der Waals surface area (Å²) < 4.78 is 0. The third-order valence-electron chi connectivity index (χ3n) is 4.12. The first kappa shape index (κ1) is 15.0. The van der Waals surface area contributed by atoms with E-state index in [1.807, 2.05) is 0 Å². The molecular formula is C15H32N2. The zero-order valence-electron chi connectivity index (χ0n) is 12.6. The molecule has 1 unspecified atom stereocenters. The molecule has 0 saturated carbocycles. The van der Waals surface area contributed by atoms with Gasteiger partial charge in [-0.05, 0) is 56.3 Å². The lowest BCUT2D eigenvalue weighted by atomic mass is 9.75. The van der Waals surface area contributed by atoms with Crippen LogP contribution in [0.15, 0.2) is 0 Å². The minimum absolute atomic E-state index is 0.501. The number of likely N-dealkylation sites (tertiary alicyclic amines) is 1. The predicted molar refractivity (Wildman–Crippen MR) is 76.3 cm³/mol. The lowest BCUT2D eigenvalue weighted by Gasteiger charge is -2.39. The second-order valence-electron chi connectivity index (χ2n) is 6.85. The molecule has 0 bridgehead atoms. The van der Waals surface area contributed by atoms with Crippen LogP contribution in [0.1, 0.15) is 47.5 Å². The maximum Gasteiger partial charge on any atom is 0.00191 e. The second kappa shape index (κ2) is 6.75. The Labute approximate surface area is 108 Å². The summed E-state index contributed by atoms with van der Waals surface area (Å²) in [6.07, 6.45) is 2.77. The van der Waals surface area contributed by atoms with Crippen LogP contribution >= 0.6 is 0 Å². The molecule has 2 nitrogen and oxygen atoms in total. The molecular weight excluding hydrogens is 208 g/mol. The van der Waals surface area contributed by atoms with Gasteiger partial charge in [-0.25, -0.2) is 0 Å². The van der Waals surface area contributed by atoms with Gasteiger partial charge in [0.05, 0.1) is 0 Å². The van der Waals surface area contributed by atoms with Crippen molar-refractivity contribution in [3.05, 3.63) is 0 Å². The van der Waals surface area contributed by atoms with E-state index in [9.17, 15) is 0 Å². The topological polar surface area (TPSA) is 15.3 Å². The van der Waals surface area contributed by atoms with Gasteiger partial charge >= 0.3 is 0 Å². The molecule has 2 heteroatoms. The van der Waals surface area contributed by atoms with E-state index in [0.717, 1.165) is 24.9 Å². The minimum Gasteiger partial charge on any atom is -0.317 e. The first-order valence-corrected chi connectivity index (χ1v) is 7.36. The van der Waals surface area contributed by atoms with Gasteiger partial charge in [-0.15, -0.1) is 0 Å². The van der Waals surface area contributed by atoms with E-state index in [1.54, 1.807) is 0 Å². The van der Waals surface area contributed by atoms with E-state index >= 15 is 0 Å². The van der Waals surface area contributed by atoms with E-state index in [4.69, 9.17) is 0 Å². The molecule has 1 aliphatic rings. The normalized spacial score (nSPS) is 21.7. The molecule has 0 aromatic heterocycles. The van der Waals surface area contributed by atoms with E-state index in [-0.39, 0.29) is 0 Å². The molecule has 1 rings (SSSR count). The van der Waals surface area contributed by atoms with Gasteiger partial charge in [0.1, 0.15) is 0 Å². The molecule has 1 saturated heterocycles. The molecule has 0 aliphatic carbocycles. The van der Waals surface area contributed by atoms with Crippen LogP contribution in [0.5, 0.6) is 0 Å². The molecule has 0 spiro atoms. The van der Waals surface area contributed by atoms with Gasteiger partial charge in [0.2, 0.25) is 0 Å². The summed E-state index contributed by atoms with van der Waals surface area (Å²) >= 11 is 0. The summed E-state index contributed by atoms with van der Waals surface area (Å²) in [5.74, 6) is 1.70. The van der Waals surface area contributed by atoms with E-state index in [2.05, 4.69) is 44.8 Å². The zero-order chi connectivity index (χ0) is 12.9. The van der Waals surface area contributed by atoms with Gasteiger partial charge in [0, 0.05) is 6.54 Å². The smallest absolute Gasteiger partial charge is 0.00191 e. The van der Waals surface area contributed by atoms with Crippen molar-refractivity contribution in [2.24, 2.45) is 17.3 Å². The van der Waals surface area contributed by atoms with Crippen molar-refractivity contribution in [1.29, 1.82) is 0 Å². The lowest BCUT2D eigenvalue weighted by molar-refractivity contribution is 0.103. The predicted octanol–water partition coefficient (Wildman–Crippen LogP) is 2.99. The monoisotopic (exact) mass is 240 g/mol. The van der Waals surface area contributed by atoms with E-state index in [1.165, 1.54) is 32.5 Å². The van der Waals surface area contributed by atoms with E-state index < -0.39 is 0 Å². The van der Waals surface area contributed by atoms with Gasteiger partial charge in [0.15, 0.2) is 0 Å². The van der Waals surface area contributed by atoms with Crippen molar-refractivity contribution < 1.29 is 0 Å². The van der Waals surface area contributed by atoms with Gasteiger partial charge in [0.25, 0.3) is 0 Å². The Bertz CT molecular complexity index is 199. The van der Waals surface area contributed by atoms with Crippen molar-refractivity contribution >= 4 is 0 Å². The molecule has 1 fully saturated rings. The van der Waals surface area contributed by atoms with Crippen LogP contribution in [-0.2, 0) is 0 Å². The fourth-order valence-electron chi connectivity index (χ4n) is 2.88. The largest absolute Gasteiger partial charge is 0.317 e. The lowest BCUT2D eigenvalue weighted by Crippen LogP contribution is -2.41. The van der Waals surface area contributed by atoms with Crippen LogP contribution in [0.2, 0.25) is 0 Å². The van der Waals surface area contributed by atoms with Crippen LogP contribution < -0.4 is 5.32 Å². The number of nitrogens with one attached hydrogen (secondary N) is 1. The quantitative estimate of drug-likeness (QED) is 0.795. The van der Waals surface area contributed by atoms with Crippen LogP contribution in [0.25, 0.3) is 0 Å². The Kier molecular flexibility index (Phi) is 5.94. The average molecular weight is 240 g/mol. The average Bonchev–Trinajstić information content (AvgIpc) is 2.26. The Hall–Kier alpha value is -0.0800. The van der Waals surface area contributed by atoms with Crippen molar-refractivity contribution in [2.45, 2.75) is 47.5 Å². The number of piperidine rings is 1. The van der Waals surface area contributed by atoms with Crippen LogP contribution in [-0.4, -0.2) is 37.6 Å². The summed E-state index contributed by atoms with van der Waals surface area (Å²) in [5.41, 5.74) is 0.501. The molecule has 0 radical (unpaired) electrons. The molecule has 1 heterocycles. The highest BCUT2D eigenvalue weighted by atomic mass is 15.1. The highest BCUT2D eigenvalue weighted by molar-refractivity contribution is 4.81. The summed E-state index contributed by atoms with van der Waals surface area (Å²) in [6.45, 7) is 17.8. The van der Waals surface area contributed by atoms with Gasteiger partial charge < -0.3 is 10.2 Å². The van der Waals surface area contributed by atoms with Gasteiger partial charge in [-0.2, -0.15) is 0 Å². The first-order chi connectivity index (χ1) is 7.93. The zero-order valence-corrected chi connectivity index (χ0v) is 12.6. The Morgan fingerprint density at radius 3 is 2.29 bits per heavy atom. The number of hydrogen-bond acceptors (Lipinski definition) is 2. The van der Waals surface area contributed by atoms with Crippen LogP contribution in [0.3, 0.4) is 0 Å². The maximum absolute atomic E-state index is 3.44. The Morgan fingerprint density at radius 2 is 1.82 bits per heavy atom. The third kappa shape index (κ3) is 5.39. The summed E-state index contributed by atoms with van der Waals surface area (Å²) in [6, 6.07) is 0. The number of nitrogens with zero attached hydrogens (tertiary/aromatic N) is 1. The van der Waals surface area contributed by atoms with Crippen LogP contribution in [0.4, 0.5) is 0 Å². The number of hydrogen-bond donors (Lipinski definition) is 1. The van der Waals surface area contributed by atoms with E-state index in [0.29, 0.717) is 5.41 Å². The highest BCUT2D eigenvalue weighted by Gasteiger charge is 2.28. The maximum atomic E-state index is 3.44. The molecule has 1 atom stereocenters. The Balaban J connectivity index is 2.23. The Morgan fingerprint density at radius 1 is 1.24 bits per heavy atom. The second-order valence-corrected chi connectivity index (χ2v) is 6.85. The molecule has 1 aliphatic heterocycles. The molecule has 102 valence electrons.